The van der Waals surface area contributed by atoms with Crippen LogP contribution in [0.3, 0.4) is 0 Å². The van der Waals surface area contributed by atoms with E-state index in [-0.39, 0.29) is 0 Å². The Hall–Kier alpha value is -0.800. The third-order valence-corrected chi connectivity index (χ3v) is 3.18. The van der Waals surface area contributed by atoms with Crippen LogP contribution in [-0.4, -0.2) is 24.5 Å². The Kier molecular flexibility index (Phi) is 3.66. The summed E-state index contributed by atoms with van der Waals surface area (Å²) in [6, 6.07) is 2.97. The smallest absolute Gasteiger partial charge is 0.120 e. The summed E-state index contributed by atoms with van der Waals surface area (Å²) < 4.78 is 5.86. The highest BCUT2D eigenvalue weighted by molar-refractivity contribution is 5.20. The molecular weight excluding hydrogens is 200 g/mol. The molecule has 1 saturated carbocycles. The van der Waals surface area contributed by atoms with Gasteiger partial charge in [0.2, 0.25) is 0 Å². The summed E-state index contributed by atoms with van der Waals surface area (Å²) in [5, 5.41) is 3.30. The summed E-state index contributed by atoms with van der Waals surface area (Å²) in [7, 11) is 2.18. The van der Waals surface area contributed by atoms with Crippen molar-refractivity contribution in [2.24, 2.45) is 0 Å². The van der Waals surface area contributed by atoms with Gasteiger partial charge in [0.25, 0.3) is 0 Å². The second-order valence-corrected chi connectivity index (χ2v) is 4.75. The molecule has 1 aliphatic rings. The monoisotopic (exact) mass is 222 g/mol. The van der Waals surface area contributed by atoms with E-state index in [2.05, 4.69) is 37.2 Å². The van der Waals surface area contributed by atoms with Crippen LogP contribution in [-0.2, 0) is 13.1 Å². The Morgan fingerprint density at radius 3 is 2.88 bits per heavy atom. The normalized spacial score (nSPS) is 16.0. The van der Waals surface area contributed by atoms with Gasteiger partial charge in [0.15, 0.2) is 0 Å². The van der Waals surface area contributed by atoms with Crippen molar-refractivity contribution in [3.05, 3.63) is 23.2 Å². The molecule has 0 aliphatic heterocycles. The van der Waals surface area contributed by atoms with Crippen molar-refractivity contribution in [2.45, 2.75) is 45.8 Å². The number of hydrogen-bond donors (Lipinski definition) is 1. The second-order valence-electron chi connectivity index (χ2n) is 4.75. The number of nitrogens with one attached hydrogen (secondary N) is 1. The molecule has 3 heteroatoms. The maximum Gasteiger partial charge on any atom is 0.120 e. The van der Waals surface area contributed by atoms with E-state index in [1.807, 2.05) is 0 Å². The summed E-state index contributed by atoms with van der Waals surface area (Å²) in [5.74, 6) is 2.18. The van der Waals surface area contributed by atoms with Gasteiger partial charge < -0.3 is 9.73 Å². The van der Waals surface area contributed by atoms with Crippen molar-refractivity contribution >= 4 is 0 Å². The maximum atomic E-state index is 5.86. The van der Waals surface area contributed by atoms with Crippen molar-refractivity contribution in [2.75, 3.05) is 13.6 Å². The minimum absolute atomic E-state index is 0.794. The zero-order valence-corrected chi connectivity index (χ0v) is 10.5. The molecule has 16 heavy (non-hydrogen) atoms. The van der Waals surface area contributed by atoms with Crippen LogP contribution < -0.4 is 5.32 Å². The highest BCUT2D eigenvalue weighted by atomic mass is 16.3. The van der Waals surface area contributed by atoms with E-state index in [4.69, 9.17) is 4.42 Å². The first kappa shape index (κ1) is 11.7. The average molecular weight is 222 g/mol. The molecule has 1 aromatic heterocycles. The summed E-state index contributed by atoms with van der Waals surface area (Å²) in [6.45, 7) is 7.00. The molecule has 0 amide bonds. The lowest BCUT2D eigenvalue weighted by atomic mass is 10.2. The number of nitrogens with zero attached hydrogens (tertiary/aromatic N) is 1. The Morgan fingerprint density at radius 2 is 2.25 bits per heavy atom. The molecule has 0 unspecified atom stereocenters. The van der Waals surface area contributed by atoms with Gasteiger partial charge in [-0.3, -0.25) is 4.90 Å². The Labute approximate surface area is 97.8 Å². The number of aryl methyl sites for hydroxylation is 1. The van der Waals surface area contributed by atoms with E-state index < -0.39 is 0 Å². The Bertz CT molecular complexity index is 342. The summed E-state index contributed by atoms with van der Waals surface area (Å²) in [4.78, 5) is 2.38. The zero-order valence-electron chi connectivity index (χ0n) is 10.5. The zero-order chi connectivity index (χ0) is 11.5. The van der Waals surface area contributed by atoms with Gasteiger partial charge in [-0.15, -0.1) is 0 Å². The predicted molar refractivity (Wildman–Crippen MR) is 65.3 cm³/mol. The summed E-state index contributed by atoms with van der Waals surface area (Å²) >= 11 is 0. The molecule has 0 radical (unpaired) electrons. The van der Waals surface area contributed by atoms with E-state index >= 15 is 0 Å². The van der Waals surface area contributed by atoms with E-state index in [1.165, 1.54) is 18.4 Å². The Morgan fingerprint density at radius 1 is 1.50 bits per heavy atom. The van der Waals surface area contributed by atoms with Gasteiger partial charge in [-0.05, 0) is 45.0 Å². The van der Waals surface area contributed by atoms with Crippen molar-refractivity contribution in [3.63, 3.8) is 0 Å². The Balaban J connectivity index is 1.93. The van der Waals surface area contributed by atoms with Crippen molar-refractivity contribution < 1.29 is 4.42 Å². The topological polar surface area (TPSA) is 28.4 Å². The minimum atomic E-state index is 0.794. The van der Waals surface area contributed by atoms with Crippen molar-refractivity contribution in [1.82, 2.24) is 10.2 Å². The minimum Gasteiger partial charge on any atom is -0.463 e. The molecule has 0 bridgehead atoms. The van der Waals surface area contributed by atoms with Crippen molar-refractivity contribution in [1.29, 1.82) is 0 Å². The maximum absolute atomic E-state index is 5.86. The van der Waals surface area contributed by atoms with Crippen LogP contribution >= 0.6 is 0 Å². The van der Waals surface area contributed by atoms with Crippen LogP contribution in [0.5, 0.6) is 0 Å². The fraction of sp³-hybridized carbons (Fsp3) is 0.692. The third-order valence-electron chi connectivity index (χ3n) is 3.18. The van der Waals surface area contributed by atoms with Crippen LogP contribution in [0.15, 0.2) is 10.5 Å². The second kappa shape index (κ2) is 5.02. The van der Waals surface area contributed by atoms with Crippen LogP contribution in [0, 0.1) is 6.92 Å². The average Bonchev–Trinajstić information content (AvgIpc) is 3.03. The van der Waals surface area contributed by atoms with E-state index in [1.54, 1.807) is 0 Å². The van der Waals surface area contributed by atoms with E-state index in [0.29, 0.717) is 0 Å². The van der Waals surface area contributed by atoms with Gasteiger partial charge in [-0.1, -0.05) is 6.92 Å². The van der Waals surface area contributed by atoms with Crippen LogP contribution in [0.25, 0.3) is 0 Å². The van der Waals surface area contributed by atoms with Gasteiger partial charge in [0, 0.05) is 6.04 Å². The van der Waals surface area contributed by atoms with Gasteiger partial charge in [-0.2, -0.15) is 0 Å². The van der Waals surface area contributed by atoms with E-state index in [0.717, 1.165) is 37.2 Å². The molecular formula is C13H22N2O. The molecule has 1 fully saturated rings. The first-order chi connectivity index (χ1) is 7.70. The molecule has 0 saturated heterocycles. The van der Waals surface area contributed by atoms with Crippen molar-refractivity contribution in [3.8, 4) is 0 Å². The summed E-state index contributed by atoms with van der Waals surface area (Å²) in [6.07, 6.45) is 2.70. The number of hydrogen-bond acceptors (Lipinski definition) is 3. The molecule has 0 aromatic carbocycles. The van der Waals surface area contributed by atoms with E-state index in [9.17, 15) is 0 Å². The molecule has 0 spiro atoms. The molecule has 1 heterocycles. The standard InChI is InChI=1S/C13H22N2O/c1-4-14-8-13-10(2)7-12(16-13)9-15(3)11-5-6-11/h7,11,14H,4-6,8-9H2,1-3H3. The molecule has 1 aromatic rings. The lowest BCUT2D eigenvalue weighted by molar-refractivity contribution is 0.280. The molecule has 3 nitrogen and oxygen atoms in total. The number of rotatable bonds is 6. The van der Waals surface area contributed by atoms with Gasteiger partial charge >= 0.3 is 0 Å². The molecule has 1 aliphatic carbocycles. The summed E-state index contributed by atoms with van der Waals surface area (Å²) in [5.41, 5.74) is 1.26. The fourth-order valence-corrected chi connectivity index (χ4v) is 1.97. The van der Waals surface area contributed by atoms with Gasteiger partial charge in [0.05, 0.1) is 13.1 Å². The molecule has 0 atom stereocenters. The lowest BCUT2D eigenvalue weighted by Crippen LogP contribution is -2.19. The lowest BCUT2D eigenvalue weighted by Gasteiger charge is -2.13. The SMILES string of the molecule is CCNCc1oc(CN(C)C2CC2)cc1C. The quantitative estimate of drug-likeness (QED) is 0.800. The third kappa shape index (κ3) is 2.86. The van der Waals surface area contributed by atoms with Crippen LogP contribution in [0.4, 0.5) is 0 Å². The number of furan rings is 1. The molecule has 90 valence electrons. The molecule has 1 N–H and O–H groups in total. The van der Waals surface area contributed by atoms with Crippen LogP contribution in [0.2, 0.25) is 0 Å². The molecule has 2 rings (SSSR count). The first-order valence-electron chi connectivity index (χ1n) is 6.20. The van der Waals surface area contributed by atoms with Gasteiger partial charge in [-0.25, -0.2) is 0 Å². The largest absolute Gasteiger partial charge is 0.463 e. The highest BCUT2D eigenvalue weighted by Gasteiger charge is 2.26. The predicted octanol–water partition coefficient (Wildman–Crippen LogP) is 2.29. The first-order valence-corrected chi connectivity index (χ1v) is 6.20. The fourth-order valence-electron chi connectivity index (χ4n) is 1.97. The highest BCUT2D eigenvalue weighted by Crippen LogP contribution is 2.27. The van der Waals surface area contributed by atoms with Gasteiger partial charge in [0.1, 0.15) is 11.5 Å². The van der Waals surface area contributed by atoms with Crippen LogP contribution in [0.1, 0.15) is 36.8 Å².